The zero-order chi connectivity index (χ0) is 24.6. The molecule has 2 aromatic rings. The van der Waals surface area contributed by atoms with Gasteiger partial charge in [0.05, 0.1) is 25.7 Å². The highest BCUT2D eigenvalue weighted by molar-refractivity contribution is 5.99. The second-order valence-electron chi connectivity index (χ2n) is 9.77. The van der Waals surface area contributed by atoms with Gasteiger partial charge < -0.3 is 9.64 Å². The fraction of sp³-hybridized carbons (Fsp3) is 0.500. The molecule has 0 spiro atoms. The van der Waals surface area contributed by atoms with Gasteiger partial charge in [0.2, 0.25) is 5.91 Å². The second kappa shape index (κ2) is 12.2. The molecule has 35 heavy (non-hydrogen) atoms. The Kier molecular flexibility index (Phi) is 8.77. The van der Waals surface area contributed by atoms with E-state index in [0.717, 1.165) is 35.4 Å². The predicted octanol–water partition coefficient (Wildman–Crippen LogP) is 4.37. The van der Waals surface area contributed by atoms with Gasteiger partial charge in [-0.1, -0.05) is 62.4 Å². The van der Waals surface area contributed by atoms with Crippen LogP contribution in [-0.2, 0) is 22.6 Å². The van der Waals surface area contributed by atoms with Crippen molar-refractivity contribution in [2.24, 2.45) is 5.92 Å². The first kappa shape index (κ1) is 25.2. The lowest BCUT2D eigenvalue weighted by Crippen LogP contribution is -2.53. The monoisotopic (exact) mass is 479 g/mol. The molecule has 0 bridgehead atoms. The molecule has 0 radical (unpaired) electrons. The molecule has 1 fully saturated rings. The van der Waals surface area contributed by atoms with E-state index in [-0.39, 0.29) is 5.91 Å². The Morgan fingerprint density at radius 2 is 1.83 bits per heavy atom. The van der Waals surface area contributed by atoms with Crippen LogP contribution < -0.4 is 20.4 Å². The van der Waals surface area contributed by atoms with Gasteiger partial charge in [-0.05, 0) is 60.9 Å². The molecule has 7 heteroatoms. The van der Waals surface area contributed by atoms with Gasteiger partial charge in [-0.2, -0.15) is 0 Å². The topological polar surface area (TPSA) is 90.9 Å². The Balaban J connectivity index is 1.52. The molecule has 3 N–H and O–H groups in total. The number of aryl methyl sites for hydroxylation is 1. The predicted molar refractivity (Wildman–Crippen MR) is 135 cm³/mol. The standard InChI is InChI=1S/C28H37N3O4/c1-35-23-15-11-21(12-16-23)19-31-26-10-6-5-9-22(26)14-18-25(28(31)33)29-24(27(32)30-34)17-13-20-7-3-2-4-8-20/h5-6,9-12,15-16,20,24-25,29,34H,2-4,7-8,13-14,17-19H2,1H3,(H,30,32)/t24-,25?/m0/s1. The number of para-hydroxylation sites is 1. The van der Waals surface area contributed by atoms with Crippen molar-refractivity contribution in [3.05, 3.63) is 59.7 Å². The molecule has 2 aromatic carbocycles. The number of hydrogen-bond acceptors (Lipinski definition) is 5. The van der Waals surface area contributed by atoms with Gasteiger partial charge in [0.15, 0.2) is 0 Å². The zero-order valence-corrected chi connectivity index (χ0v) is 20.5. The summed E-state index contributed by atoms with van der Waals surface area (Å²) < 4.78 is 5.27. The normalized spacial score (nSPS) is 19.5. The van der Waals surface area contributed by atoms with Crippen LogP contribution in [0.4, 0.5) is 5.69 Å². The number of ether oxygens (including phenoxy) is 1. The van der Waals surface area contributed by atoms with Crippen molar-refractivity contribution in [3.8, 4) is 5.75 Å². The van der Waals surface area contributed by atoms with E-state index in [1.807, 2.05) is 52.8 Å². The van der Waals surface area contributed by atoms with E-state index in [4.69, 9.17) is 4.74 Å². The maximum Gasteiger partial charge on any atom is 0.260 e. The molecule has 0 aromatic heterocycles. The van der Waals surface area contributed by atoms with Gasteiger partial charge in [-0.15, -0.1) is 0 Å². The maximum absolute atomic E-state index is 13.8. The zero-order valence-electron chi connectivity index (χ0n) is 20.5. The number of rotatable bonds is 9. The summed E-state index contributed by atoms with van der Waals surface area (Å²) in [5.41, 5.74) is 4.83. The summed E-state index contributed by atoms with van der Waals surface area (Å²) in [6.45, 7) is 0.428. The minimum atomic E-state index is -0.611. The van der Waals surface area contributed by atoms with Crippen molar-refractivity contribution >= 4 is 17.5 Å². The van der Waals surface area contributed by atoms with E-state index in [1.54, 1.807) is 7.11 Å². The lowest BCUT2D eigenvalue weighted by atomic mass is 9.85. The smallest absolute Gasteiger partial charge is 0.260 e. The van der Waals surface area contributed by atoms with Crippen LogP contribution in [0.5, 0.6) is 5.75 Å². The molecule has 4 rings (SSSR count). The number of carbonyl (C=O) groups excluding carboxylic acids is 2. The number of methoxy groups -OCH3 is 1. The van der Waals surface area contributed by atoms with E-state index in [0.29, 0.717) is 25.3 Å². The van der Waals surface area contributed by atoms with Crippen LogP contribution >= 0.6 is 0 Å². The van der Waals surface area contributed by atoms with Crippen molar-refractivity contribution in [1.29, 1.82) is 0 Å². The number of nitrogens with zero attached hydrogens (tertiary/aromatic N) is 1. The van der Waals surface area contributed by atoms with Crippen molar-refractivity contribution in [2.75, 3.05) is 12.0 Å². The Bertz CT molecular complexity index is 988. The molecular formula is C28H37N3O4. The summed E-state index contributed by atoms with van der Waals surface area (Å²) in [6.07, 6.45) is 9.01. The van der Waals surface area contributed by atoms with E-state index >= 15 is 0 Å². The van der Waals surface area contributed by atoms with Crippen LogP contribution in [0.2, 0.25) is 0 Å². The number of amides is 2. The summed E-state index contributed by atoms with van der Waals surface area (Å²) in [4.78, 5) is 28.2. The molecule has 2 aliphatic rings. The van der Waals surface area contributed by atoms with Gasteiger partial charge in [0, 0.05) is 5.69 Å². The summed E-state index contributed by atoms with van der Waals surface area (Å²) >= 11 is 0. The van der Waals surface area contributed by atoms with Crippen LogP contribution in [0.1, 0.15) is 62.5 Å². The Morgan fingerprint density at radius 1 is 1.09 bits per heavy atom. The first-order chi connectivity index (χ1) is 17.1. The Labute approximate surface area is 207 Å². The summed E-state index contributed by atoms with van der Waals surface area (Å²) in [5, 5.41) is 12.7. The molecule has 1 saturated carbocycles. The van der Waals surface area contributed by atoms with E-state index < -0.39 is 18.0 Å². The number of benzene rings is 2. The first-order valence-electron chi connectivity index (χ1n) is 12.8. The first-order valence-corrected chi connectivity index (χ1v) is 12.8. The van der Waals surface area contributed by atoms with Gasteiger partial charge in [-0.3, -0.25) is 20.1 Å². The number of hydroxylamine groups is 1. The molecule has 2 amide bonds. The highest BCUT2D eigenvalue weighted by Gasteiger charge is 2.33. The number of carbonyl (C=O) groups is 2. The van der Waals surface area contributed by atoms with E-state index in [2.05, 4.69) is 11.4 Å². The largest absolute Gasteiger partial charge is 0.497 e. The lowest BCUT2D eigenvalue weighted by Gasteiger charge is -2.29. The van der Waals surface area contributed by atoms with Gasteiger partial charge in [-0.25, -0.2) is 5.48 Å². The van der Waals surface area contributed by atoms with Crippen molar-refractivity contribution < 1.29 is 19.5 Å². The molecule has 1 aliphatic carbocycles. The highest BCUT2D eigenvalue weighted by atomic mass is 16.5. The minimum absolute atomic E-state index is 0.0563. The van der Waals surface area contributed by atoms with Gasteiger partial charge in [0.25, 0.3) is 5.91 Å². The van der Waals surface area contributed by atoms with Crippen LogP contribution in [0.25, 0.3) is 0 Å². The Hall–Kier alpha value is -2.90. The number of hydrogen-bond donors (Lipinski definition) is 3. The summed E-state index contributed by atoms with van der Waals surface area (Å²) in [7, 11) is 1.63. The second-order valence-corrected chi connectivity index (χ2v) is 9.77. The van der Waals surface area contributed by atoms with Gasteiger partial charge >= 0.3 is 0 Å². The average molecular weight is 480 g/mol. The number of anilines is 1. The van der Waals surface area contributed by atoms with E-state index in [1.165, 1.54) is 32.1 Å². The van der Waals surface area contributed by atoms with Gasteiger partial charge in [0.1, 0.15) is 5.75 Å². The maximum atomic E-state index is 13.8. The van der Waals surface area contributed by atoms with Crippen LogP contribution in [-0.4, -0.2) is 36.2 Å². The third-order valence-electron chi connectivity index (χ3n) is 7.47. The molecule has 7 nitrogen and oxygen atoms in total. The lowest BCUT2D eigenvalue weighted by molar-refractivity contribution is -0.132. The third kappa shape index (κ3) is 6.41. The third-order valence-corrected chi connectivity index (χ3v) is 7.47. The van der Waals surface area contributed by atoms with Crippen molar-refractivity contribution in [3.63, 3.8) is 0 Å². The fourth-order valence-corrected chi connectivity index (χ4v) is 5.44. The average Bonchev–Trinajstić information content (AvgIpc) is 3.03. The molecule has 2 atom stereocenters. The van der Waals surface area contributed by atoms with Crippen LogP contribution in [0, 0.1) is 5.92 Å². The van der Waals surface area contributed by atoms with E-state index in [9.17, 15) is 14.8 Å². The molecule has 188 valence electrons. The molecule has 1 heterocycles. The summed E-state index contributed by atoms with van der Waals surface area (Å²) in [6, 6.07) is 14.6. The molecule has 1 aliphatic heterocycles. The Morgan fingerprint density at radius 3 is 2.54 bits per heavy atom. The number of nitrogens with one attached hydrogen (secondary N) is 2. The van der Waals surface area contributed by atoms with Crippen LogP contribution in [0.3, 0.4) is 0 Å². The number of fused-ring (bicyclic) bond motifs is 1. The summed E-state index contributed by atoms with van der Waals surface area (Å²) in [5.74, 6) is 0.850. The van der Waals surface area contributed by atoms with Crippen LogP contribution in [0.15, 0.2) is 48.5 Å². The molecule has 1 unspecified atom stereocenters. The van der Waals surface area contributed by atoms with Crippen molar-refractivity contribution in [1.82, 2.24) is 10.8 Å². The molecule has 0 saturated heterocycles. The molecular weight excluding hydrogens is 442 g/mol. The quantitative estimate of drug-likeness (QED) is 0.367. The minimum Gasteiger partial charge on any atom is -0.497 e. The SMILES string of the molecule is COc1ccc(CN2C(=O)C(N[C@@H](CCC3CCCCC3)C(=O)NO)CCc3ccccc32)cc1. The fourth-order valence-electron chi connectivity index (χ4n) is 5.44. The highest BCUT2D eigenvalue weighted by Crippen LogP contribution is 2.30. The van der Waals surface area contributed by atoms with Crippen molar-refractivity contribution in [2.45, 2.75) is 76.4 Å².